The van der Waals surface area contributed by atoms with Crippen LogP contribution in [-0.4, -0.2) is 9.55 Å². The van der Waals surface area contributed by atoms with Crippen molar-refractivity contribution in [2.24, 2.45) is 16.7 Å². The maximum Gasteiger partial charge on any atom is 0.0951 e. The molecule has 422 valence electrons. The molecule has 2 heteroatoms. The van der Waals surface area contributed by atoms with E-state index in [1.54, 1.807) is 0 Å². The van der Waals surface area contributed by atoms with Crippen molar-refractivity contribution in [1.82, 2.24) is 9.55 Å². The third kappa shape index (κ3) is 29.9. The lowest BCUT2D eigenvalue weighted by Gasteiger charge is -2.64. The maximum absolute atomic E-state index is 5.15. The topological polar surface area (TPSA) is 17.8 Å². The van der Waals surface area contributed by atoms with E-state index in [-0.39, 0.29) is 16.4 Å². The van der Waals surface area contributed by atoms with E-state index < -0.39 is 0 Å². The number of hydrogen-bond acceptors (Lipinski definition) is 1. The Balaban J connectivity index is 4.10. The van der Waals surface area contributed by atoms with Crippen molar-refractivity contribution in [2.75, 3.05) is 0 Å². The predicted molar refractivity (Wildman–Crippen MR) is 323 cm³/mol. The molecule has 0 aliphatic heterocycles. The Morgan fingerprint density at radius 1 is 0.296 bits per heavy atom. The van der Waals surface area contributed by atoms with Gasteiger partial charge in [-0.1, -0.05) is 364 Å². The molecule has 0 bridgehead atoms. The van der Waals surface area contributed by atoms with E-state index in [1.807, 2.05) is 0 Å². The molecule has 0 aliphatic carbocycles. The van der Waals surface area contributed by atoms with Gasteiger partial charge in [0.15, 0.2) is 0 Å². The van der Waals surface area contributed by atoms with Crippen molar-refractivity contribution >= 4 is 0 Å². The molecule has 0 N–H and O–H groups in total. The van der Waals surface area contributed by atoms with Gasteiger partial charge >= 0.3 is 0 Å². The quantitative estimate of drug-likeness (QED) is 0.0595. The van der Waals surface area contributed by atoms with Crippen LogP contribution in [0.1, 0.15) is 402 Å². The summed E-state index contributed by atoms with van der Waals surface area (Å²) in [6.07, 6.45) is 84.0. The second-order valence-electron chi connectivity index (χ2n) is 24.8. The second-order valence-corrected chi connectivity index (χ2v) is 24.8. The molecule has 0 radical (unpaired) electrons. The highest BCUT2D eigenvalue weighted by atomic mass is 15.1. The zero-order chi connectivity index (χ0) is 51.7. The Bertz CT molecular complexity index is 1100. The lowest BCUT2D eigenvalue weighted by molar-refractivity contribution is -0.137. The van der Waals surface area contributed by atoms with Crippen molar-refractivity contribution in [3.8, 4) is 0 Å². The first-order valence-electron chi connectivity index (χ1n) is 33.9. The highest BCUT2D eigenvalue weighted by Gasteiger charge is 2.62. The van der Waals surface area contributed by atoms with Gasteiger partial charge in [0.1, 0.15) is 0 Å². The molecule has 0 aromatic carbocycles. The molecule has 1 aromatic rings. The van der Waals surface area contributed by atoms with Crippen molar-refractivity contribution in [1.29, 1.82) is 0 Å². The Hall–Kier alpha value is -0.790. The van der Waals surface area contributed by atoms with E-state index in [9.17, 15) is 0 Å². The summed E-state index contributed by atoms with van der Waals surface area (Å²) in [5.74, 6) is 0.642. The summed E-state index contributed by atoms with van der Waals surface area (Å²) < 4.78 is 2.95. The minimum Gasteiger partial charge on any atom is -0.330 e. The van der Waals surface area contributed by atoms with Gasteiger partial charge in [-0.15, -0.1) is 0 Å². The van der Waals surface area contributed by atoms with Crippen LogP contribution in [0.15, 0.2) is 18.7 Å². The van der Waals surface area contributed by atoms with E-state index in [2.05, 4.69) is 78.7 Å². The molecule has 2 nitrogen and oxygen atoms in total. The van der Waals surface area contributed by atoms with Crippen molar-refractivity contribution in [3.05, 3.63) is 18.7 Å². The molecule has 1 atom stereocenters. The standard InChI is InChI=1S/C69H136N2/c1-9-15-21-27-33-39-45-51-57-67(58-52-46-40-34-28-22-16-10-2,59-53-47-41-35-29-23-17-11-3)69(71-64-63-70-65-71,62-56-50-44-38-32-26-20-14-6)68(66(7)8,60-54-48-42-36-30-24-18-12-4)61-55-49-43-37-31-25-19-13-5/h63-66H,9-62H2,1-8H3/t69-/m0/s1. The molecule has 1 heterocycles. The molecule has 0 amide bonds. The summed E-state index contributed by atoms with van der Waals surface area (Å²) in [6, 6.07) is 0. The first-order chi connectivity index (χ1) is 34.9. The third-order valence-electron chi connectivity index (χ3n) is 18.6. The molecule has 0 unspecified atom stereocenters. The Kier molecular flexibility index (Phi) is 46.9. The number of imidazole rings is 1. The maximum atomic E-state index is 5.15. The van der Waals surface area contributed by atoms with Crippen LogP contribution in [-0.2, 0) is 5.54 Å². The largest absolute Gasteiger partial charge is 0.330 e. The van der Waals surface area contributed by atoms with Crippen LogP contribution in [0.2, 0.25) is 0 Å². The smallest absolute Gasteiger partial charge is 0.0951 e. The molecule has 0 saturated carbocycles. The van der Waals surface area contributed by atoms with E-state index in [1.165, 1.54) is 347 Å². The number of hydrogen-bond donors (Lipinski definition) is 0. The van der Waals surface area contributed by atoms with E-state index in [4.69, 9.17) is 4.98 Å². The van der Waals surface area contributed by atoms with Gasteiger partial charge in [0.2, 0.25) is 0 Å². The van der Waals surface area contributed by atoms with Gasteiger partial charge in [0, 0.05) is 12.4 Å². The average molecular weight is 994 g/mol. The van der Waals surface area contributed by atoms with E-state index >= 15 is 0 Å². The normalized spacial score (nSPS) is 13.3. The van der Waals surface area contributed by atoms with Crippen molar-refractivity contribution in [3.63, 3.8) is 0 Å². The highest BCUT2D eigenvalue weighted by molar-refractivity contribution is 5.15. The third-order valence-corrected chi connectivity index (χ3v) is 18.6. The average Bonchev–Trinajstić information content (AvgIpc) is 3.92. The van der Waals surface area contributed by atoms with Crippen LogP contribution in [0.3, 0.4) is 0 Å². The molecule has 0 aliphatic rings. The minimum absolute atomic E-state index is 0.0819. The van der Waals surface area contributed by atoms with Crippen molar-refractivity contribution in [2.45, 2.75) is 408 Å². The Morgan fingerprint density at radius 2 is 0.521 bits per heavy atom. The second kappa shape index (κ2) is 48.8. The number of nitrogens with zero attached hydrogens (tertiary/aromatic N) is 2. The van der Waals surface area contributed by atoms with Gasteiger partial charge in [0.05, 0.1) is 11.9 Å². The fourth-order valence-corrected chi connectivity index (χ4v) is 14.2. The van der Waals surface area contributed by atoms with E-state index in [0.29, 0.717) is 5.92 Å². The zero-order valence-corrected chi connectivity index (χ0v) is 50.9. The summed E-state index contributed by atoms with van der Waals surface area (Å²) in [6.45, 7) is 19.7. The van der Waals surface area contributed by atoms with Gasteiger partial charge in [-0.3, -0.25) is 0 Å². The highest BCUT2D eigenvalue weighted by Crippen LogP contribution is 2.66. The van der Waals surface area contributed by atoms with Crippen LogP contribution < -0.4 is 0 Å². The van der Waals surface area contributed by atoms with Crippen molar-refractivity contribution < 1.29 is 0 Å². The minimum atomic E-state index is 0.0819. The van der Waals surface area contributed by atoms with Crippen LogP contribution in [0.4, 0.5) is 0 Å². The first kappa shape index (κ1) is 68.2. The first-order valence-corrected chi connectivity index (χ1v) is 33.9. The summed E-state index contributed by atoms with van der Waals surface area (Å²) in [4.78, 5) is 5.15. The lowest BCUT2D eigenvalue weighted by atomic mass is 9.45. The molecule has 1 rings (SSSR count). The molecule has 0 spiro atoms. The number of aromatic nitrogens is 2. The molecule has 71 heavy (non-hydrogen) atoms. The molecule has 1 aromatic heterocycles. The Labute approximate surface area is 450 Å². The Morgan fingerprint density at radius 3 is 0.746 bits per heavy atom. The fourth-order valence-electron chi connectivity index (χ4n) is 14.2. The zero-order valence-electron chi connectivity index (χ0n) is 50.9. The van der Waals surface area contributed by atoms with Gasteiger partial charge in [0.25, 0.3) is 0 Å². The van der Waals surface area contributed by atoms with Crippen LogP contribution >= 0.6 is 0 Å². The molecule has 0 fully saturated rings. The summed E-state index contributed by atoms with van der Waals surface area (Å²) >= 11 is 0. The van der Waals surface area contributed by atoms with Crippen LogP contribution in [0.25, 0.3) is 0 Å². The van der Waals surface area contributed by atoms with E-state index in [0.717, 1.165) is 0 Å². The molecular formula is C69H136N2. The lowest BCUT2D eigenvalue weighted by Crippen LogP contribution is -2.62. The van der Waals surface area contributed by atoms with Crippen LogP contribution in [0, 0.1) is 16.7 Å². The summed E-state index contributed by atoms with van der Waals surface area (Å²) in [5.41, 5.74) is 0.615. The number of unbranched alkanes of at least 4 members (excludes halogenated alkanes) is 42. The van der Waals surface area contributed by atoms with Gasteiger partial charge in [-0.25, -0.2) is 4.98 Å². The molecular weight excluding hydrogens is 857 g/mol. The number of rotatable bonds is 58. The van der Waals surface area contributed by atoms with Gasteiger partial charge in [-0.05, 0) is 55.3 Å². The fraction of sp³-hybridized carbons (Fsp3) is 0.957. The predicted octanol–water partition coefficient (Wildman–Crippen LogP) is 25.4. The summed E-state index contributed by atoms with van der Waals surface area (Å²) in [5, 5.41) is 0. The SMILES string of the molecule is CCCCCCCCCCC(CCCCCCCCCC)(CCCCCCCCCC)[C@](CCCCCCCCCC)(n1ccnc1)C(CCCCCCCCCC)(CCCCCCCCCC)C(C)C. The van der Waals surface area contributed by atoms with Gasteiger partial charge in [-0.2, -0.15) is 0 Å². The van der Waals surface area contributed by atoms with Gasteiger partial charge < -0.3 is 4.57 Å². The summed E-state index contributed by atoms with van der Waals surface area (Å²) in [7, 11) is 0. The van der Waals surface area contributed by atoms with Crippen LogP contribution in [0.5, 0.6) is 0 Å². The monoisotopic (exact) mass is 993 g/mol. The molecule has 0 saturated heterocycles.